The summed E-state index contributed by atoms with van der Waals surface area (Å²) in [6.45, 7) is 4.73. The molecule has 2 nitrogen and oxygen atoms in total. The molecular formula is C47H34N2. The van der Waals surface area contributed by atoms with Crippen molar-refractivity contribution in [2.45, 2.75) is 32.1 Å². The van der Waals surface area contributed by atoms with Crippen molar-refractivity contribution in [3.63, 3.8) is 0 Å². The van der Waals surface area contributed by atoms with Crippen molar-refractivity contribution < 1.29 is 0 Å². The van der Waals surface area contributed by atoms with E-state index in [0.29, 0.717) is 0 Å². The van der Waals surface area contributed by atoms with Gasteiger partial charge in [-0.15, -0.1) is 0 Å². The van der Waals surface area contributed by atoms with Crippen LogP contribution in [0.1, 0.15) is 36.1 Å². The van der Waals surface area contributed by atoms with Crippen molar-refractivity contribution in [3.8, 4) is 56.0 Å². The van der Waals surface area contributed by atoms with E-state index in [1.54, 1.807) is 0 Å². The highest BCUT2D eigenvalue weighted by molar-refractivity contribution is 6.01. The minimum atomic E-state index is -0.0952. The smallest absolute Gasteiger partial charge is 0.160 e. The summed E-state index contributed by atoms with van der Waals surface area (Å²) in [6.07, 6.45) is 2.16. The van der Waals surface area contributed by atoms with Gasteiger partial charge in [-0.25, -0.2) is 9.97 Å². The third-order valence-corrected chi connectivity index (χ3v) is 11.0. The van der Waals surface area contributed by atoms with E-state index in [1.165, 1.54) is 66.4 Å². The summed E-state index contributed by atoms with van der Waals surface area (Å²) in [5, 5.41) is 3.54. The molecule has 0 fully saturated rings. The normalized spacial score (nSPS) is 13.9. The largest absolute Gasteiger partial charge is 0.228 e. The summed E-state index contributed by atoms with van der Waals surface area (Å²) < 4.78 is 0. The van der Waals surface area contributed by atoms with Crippen molar-refractivity contribution >= 4 is 21.7 Å². The van der Waals surface area contributed by atoms with Crippen LogP contribution in [0.25, 0.3) is 77.7 Å². The molecule has 0 bridgehead atoms. The Kier molecular flexibility index (Phi) is 6.08. The highest BCUT2D eigenvalue weighted by Crippen LogP contribution is 2.52. The van der Waals surface area contributed by atoms with Crippen LogP contribution in [0.3, 0.4) is 0 Å². The van der Waals surface area contributed by atoms with E-state index >= 15 is 0 Å². The Bertz CT molecular complexity index is 2620. The van der Waals surface area contributed by atoms with E-state index in [1.807, 2.05) is 0 Å². The summed E-state index contributed by atoms with van der Waals surface area (Å²) in [4.78, 5) is 10.6. The predicted molar refractivity (Wildman–Crippen MR) is 204 cm³/mol. The molecule has 0 saturated heterocycles. The van der Waals surface area contributed by atoms with Gasteiger partial charge < -0.3 is 0 Å². The maximum atomic E-state index is 5.34. The highest BCUT2D eigenvalue weighted by Gasteiger charge is 2.37. The molecule has 0 unspecified atom stereocenters. The number of rotatable bonds is 3. The van der Waals surface area contributed by atoms with Crippen molar-refractivity contribution in [2.75, 3.05) is 0 Å². The molecule has 2 aliphatic rings. The van der Waals surface area contributed by atoms with Crippen LogP contribution < -0.4 is 0 Å². The van der Waals surface area contributed by atoms with Crippen molar-refractivity contribution in [3.05, 3.63) is 168 Å². The third kappa shape index (κ3) is 4.34. The second-order valence-electron chi connectivity index (χ2n) is 14.1. The SMILES string of the molecule is CC1(C)c2ccc(-c3nc(-c4ccccc4)c4cc(-c5cccc6ccccc56)ccc4n3)cc2-c2cc3c(cc21)-c1ccccc1CC3. The number of aryl methyl sites for hydroxylation is 2. The first kappa shape index (κ1) is 28.2. The molecule has 2 heteroatoms. The number of fused-ring (bicyclic) bond motifs is 8. The van der Waals surface area contributed by atoms with Gasteiger partial charge in [0.2, 0.25) is 0 Å². The molecule has 0 radical (unpaired) electrons. The molecule has 232 valence electrons. The van der Waals surface area contributed by atoms with Gasteiger partial charge in [0.05, 0.1) is 11.2 Å². The van der Waals surface area contributed by atoms with Gasteiger partial charge in [0.15, 0.2) is 5.82 Å². The zero-order valence-corrected chi connectivity index (χ0v) is 27.7. The van der Waals surface area contributed by atoms with Gasteiger partial charge in [0, 0.05) is 21.9 Å². The molecule has 0 amide bonds. The Hall–Kier alpha value is -5.86. The lowest BCUT2D eigenvalue weighted by atomic mass is 9.78. The molecule has 1 aromatic heterocycles. The minimum Gasteiger partial charge on any atom is -0.228 e. The van der Waals surface area contributed by atoms with Crippen molar-refractivity contribution in [2.24, 2.45) is 0 Å². The lowest BCUT2D eigenvalue weighted by Crippen LogP contribution is -2.16. The molecule has 0 spiro atoms. The fourth-order valence-electron chi connectivity index (χ4n) is 8.43. The predicted octanol–water partition coefficient (Wildman–Crippen LogP) is 11.9. The lowest BCUT2D eigenvalue weighted by molar-refractivity contribution is 0.660. The summed E-state index contributed by atoms with van der Waals surface area (Å²) in [6, 6.07) is 53.1. The minimum absolute atomic E-state index is 0.0952. The van der Waals surface area contributed by atoms with E-state index in [9.17, 15) is 0 Å². The van der Waals surface area contributed by atoms with Crippen LogP contribution in [-0.2, 0) is 18.3 Å². The zero-order chi connectivity index (χ0) is 32.7. The molecule has 10 rings (SSSR count). The van der Waals surface area contributed by atoms with Crippen molar-refractivity contribution in [1.82, 2.24) is 9.97 Å². The van der Waals surface area contributed by atoms with Gasteiger partial charge in [-0.3, -0.25) is 0 Å². The number of nitrogens with zero attached hydrogens (tertiary/aromatic N) is 2. The first-order valence-electron chi connectivity index (χ1n) is 17.3. The number of hydrogen-bond donors (Lipinski definition) is 0. The van der Waals surface area contributed by atoms with Crippen LogP contribution in [-0.4, -0.2) is 9.97 Å². The second-order valence-corrected chi connectivity index (χ2v) is 14.1. The average Bonchev–Trinajstić information content (AvgIpc) is 3.38. The Balaban J connectivity index is 1.14. The Morgan fingerprint density at radius 3 is 2.10 bits per heavy atom. The zero-order valence-electron chi connectivity index (χ0n) is 27.7. The fraction of sp³-hybridized carbons (Fsp3) is 0.106. The van der Waals surface area contributed by atoms with Crippen LogP contribution in [0.4, 0.5) is 0 Å². The van der Waals surface area contributed by atoms with Gasteiger partial charge in [0.25, 0.3) is 0 Å². The standard InChI is InChI=1S/C47H34N2/c1-47(2)42-23-21-34(27-39(42)40-25-33-20-19-30-12-7-9-17-36(30)38(33)28-43(40)47)46-48-44-24-22-32(37-18-10-15-29-11-6-8-16-35(29)37)26-41(44)45(49-46)31-13-4-3-5-14-31/h3-18,21-28H,19-20H2,1-2H3. The highest BCUT2D eigenvalue weighted by atomic mass is 14.9. The van der Waals surface area contributed by atoms with E-state index in [2.05, 4.69) is 159 Å². The molecule has 0 N–H and O–H groups in total. The van der Waals surface area contributed by atoms with E-state index in [-0.39, 0.29) is 5.41 Å². The molecule has 49 heavy (non-hydrogen) atoms. The molecule has 0 saturated carbocycles. The monoisotopic (exact) mass is 626 g/mol. The second kappa shape index (κ2) is 10.6. The topological polar surface area (TPSA) is 25.8 Å². The molecule has 0 atom stereocenters. The van der Waals surface area contributed by atoms with Crippen molar-refractivity contribution in [1.29, 1.82) is 0 Å². The molecule has 7 aromatic carbocycles. The lowest BCUT2D eigenvalue weighted by Gasteiger charge is -2.25. The molecule has 2 aliphatic carbocycles. The Labute approximate surface area is 286 Å². The van der Waals surface area contributed by atoms with E-state index in [4.69, 9.17) is 9.97 Å². The molecule has 0 aliphatic heterocycles. The summed E-state index contributed by atoms with van der Waals surface area (Å²) >= 11 is 0. The van der Waals surface area contributed by atoms with Crippen LogP contribution in [0.2, 0.25) is 0 Å². The average molecular weight is 627 g/mol. The summed E-state index contributed by atoms with van der Waals surface area (Å²) in [5.41, 5.74) is 17.4. The van der Waals surface area contributed by atoms with Gasteiger partial charge in [-0.1, -0.05) is 135 Å². The first-order valence-corrected chi connectivity index (χ1v) is 17.3. The van der Waals surface area contributed by atoms with E-state index < -0.39 is 0 Å². The Morgan fingerprint density at radius 2 is 1.18 bits per heavy atom. The fourth-order valence-corrected chi connectivity index (χ4v) is 8.43. The third-order valence-electron chi connectivity index (χ3n) is 11.0. The summed E-state index contributed by atoms with van der Waals surface area (Å²) in [7, 11) is 0. The van der Waals surface area contributed by atoms with Crippen LogP contribution in [0.5, 0.6) is 0 Å². The Morgan fingerprint density at radius 1 is 0.449 bits per heavy atom. The first-order chi connectivity index (χ1) is 24.0. The van der Waals surface area contributed by atoms with Gasteiger partial charge in [-0.05, 0) is 104 Å². The van der Waals surface area contributed by atoms with E-state index in [0.717, 1.165) is 46.4 Å². The van der Waals surface area contributed by atoms with Gasteiger partial charge in [0.1, 0.15) is 0 Å². The van der Waals surface area contributed by atoms with Gasteiger partial charge >= 0.3 is 0 Å². The maximum absolute atomic E-state index is 5.34. The van der Waals surface area contributed by atoms with Crippen LogP contribution in [0.15, 0.2) is 146 Å². The molecule has 1 heterocycles. The maximum Gasteiger partial charge on any atom is 0.160 e. The molecular weight excluding hydrogens is 593 g/mol. The van der Waals surface area contributed by atoms with Crippen LogP contribution in [0, 0.1) is 0 Å². The van der Waals surface area contributed by atoms with Crippen LogP contribution >= 0.6 is 0 Å². The number of hydrogen-bond acceptors (Lipinski definition) is 2. The molecule has 8 aromatic rings. The number of aromatic nitrogens is 2. The number of benzene rings is 7. The quantitative estimate of drug-likeness (QED) is 0.195. The summed E-state index contributed by atoms with van der Waals surface area (Å²) in [5.74, 6) is 0.755. The van der Waals surface area contributed by atoms with Gasteiger partial charge in [-0.2, -0.15) is 0 Å².